The third-order valence-corrected chi connectivity index (χ3v) is 7.17. The number of ether oxygens (including phenoxy) is 3. The molecule has 0 aromatic heterocycles. The van der Waals surface area contributed by atoms with Crippen LogP contribution in [0.25, 0.3) is 11.1 Å². The van der Waals surface area contributed by atoms with Crippen LogP contribution in [-0.2, 0) is 0 Å². The van der Waals surface area contributed by atoms with E-state index in [0.29, 0.717) is 17.9 Å². The number of esters is 1. The van der Waals surface area contributed by atoms with E-state index in [9.17, 15) is 4.79 Å². The Labute approximate surface area is 241 Å². The molecule has 0 saturated carbocycles. The number of allylic oxidation sites excluding steroid dienone is 1. The molecule has 4 nitrogen and oxygen atoms in total. The zero-order valence-electron chi connectivity index (χ0n) is 24.6. The Kier molecular flexibility index (Phi) is 13.9. The first kappa shape index (κ1) is 31.0. The molecule has 214 valence electrons. The second kappa shape index (κ2) is 17.9. The second-order valence-electron chi connectivity index (χ2n) is 10.5. The highest BCUT2D eigenvalue weighted by atomic mass is 16.5. The van der Waals surface area contributed by atoms with E-state index in [1.54, 1.807) is 30.5 Å². The summed E-state index contributed by atoms with van der Waals surface area (Å²) in [5.74, 6) is 2.53. The largest absolute Gasteiger partial charge is 0.494 e. The Morgan fingerprint density at radius 3 is 2.02 bits per heavy atom. The van der Waals surface area contributed by atoms with E-state index in [1.165, 1.54) is 51.4 Å². The fraction of sp³-hybridized carbons (Fsp3) is 0.417. The standard InChI is InChI=1S/C36H46O4/c1-4-6-7-8-9-12-27-38-33-21-19-31(20-22-33)30-15-17-32(18-16-30)36(37)40-35-25-23-34(24-26-35)39-28-13-10-11-14-29(3)5-2/h12,15-27,29H,4-11,13-14,28H2,1-3H3. The molecule has 0 amide bonds. The summed E-state index contributed by atoms with van der Waals surface area (Å²) < 4.78 is 17.1. The molecule has 0 radical (unpaired) electrons. The van der Waals surface area contributed by atoms with Crippen LogP contribution in [0.3, 0.4) is 0 Å². The predicted molar refractivity (Wildman–Crippen MR) is 165 cm³/mol. The highest BCUT2D eigenvalue weighted by molar-refractivity contribution is 5.91. The van der Waals surface area contributed by atoms with Crippen molar-refractivity contribution in [3.05, 3.63) is 90.7 Å². The Bertz CT molecular complexity index is 1130. The van der Waals surface area contributed by atoms with E-state index in [-0.39, 0.29) is 5.97 Å². The second-order valence-corrected chi connectivity index (χ2v) is 10.5. The minimum atomic E-state index is -0.383. The zero-order valence-corrected chi connectivity index (χ0v) is 24.6. The number of hydrogen-bond acceptors (Lipinski definition) is 4. The maximum absolute atomic E-state index is 12.7. The minimum absolute atomic E-state index is 0.383. The van der Waals surface area contributed by atoms with Crippen molar-refractivity contribution in [2.45, 2.75) is 85.0 Å². The van der Waals surface area contributed by atoms with Crippen LogP contribution in [0.1, 0.15) is 95.3 Å². The maximum atomic E-state index is 12.7. The molecule has 0 aliphatic carbocycles. The van der Waals surface area contributed by atoms with Crippen molar-refractivity contribution in [3.63, 3.8) is 0 Å². The molecule has 3 aromatic carbocycles. The predicted octanol–water partition coefficient (Wildman–Crippen LogP) is 10.4. The van der Waals surface area contributed by atoms with Gasteiger partial charge in [-0.2, -0.15) is 0 Å². The summed E-state index contributed by atoms with van der Waals surface area (Å²) in [7, 11) is 0. The summed E-state index contributed by atoms with van der Waals surface area (Å²) in [5.41, 5.74) is 2.59. The normalized spacial score (nSPS) is 11.9. The highest BCUT2D eigenvalue weighted by Crippen LogP contribution is 2.24. The number of carbonyl (C=O) groups is 1. The number of hydrogen-bond donors (Lipinski definition) is 0. The van der Waals surface area contributed by atoms with Gasteiger partial charge in [0.2, 0.25) is 0 Å². The van der Waals surface area contributed by atoms with Crippen LogP contribution in [0, 0.1) is 5.92 Å². The lowest BCUT2D eigenvalue weighted by atomic mass is 10.0. The summed E-state index contributed by atoms with van der Waals surface area (Å²) in [6.45, 7) is 7.49. The van der Waals surface area contributed by atoms with Gasteiger partial charge in [0.15, 0.2) is 0 Å². The first-order valence-electron chi connectivity index (χ1n) is 15.1. The topological polar surface area (TPSA) is 44.8 Å². The van der Waals surface area contributed by atoms with Crippen molar-refractivity contribution in [2.75, 3.05) is 6.61 Å². The van der Waals surface area contributed by atoms with Gasteiger partial charge in [0.25, 0.3) is 0 Å². The number of benzene rings is 3. The van der Waals surface area contributed by atoms with E-state index in [4.69, 9.17) is 14.2 Å². The maximum Gasteiger partial charge on any atom is 0.343 e. The molecule has 3 aromatic rings. The van der Waals surface area contributed by atoms with E-state index < -0.39 is 0 Å². The Balaban J connectivity index is 1.41. The highest BCUT2D eigenvalue weighted by Gasteiger charge is 2.10. The van der Waals surface area contributed by atoms with Gasteiger partial charge in [-0.1, -0.05) is 90.0 Å². The Morgan fingerprint density at radius 1 is 0.725 bits per heavy atom. The third kappa shape index (κ3) is 11.3. The average molecular weight is 543 g/mol. The van der Waals surface area contributed by atoms with E-state index >= 15 is 0 Å². The third-order valence-electron chi connectivity index (χ3n) is 7.17. The lowest BCUT2D eigenvalue weighted by molar-refractivity contribution is 0.0734. The fourth-order valence-electron chi connectivity index (χ4n) is 4.34. The van der Waals surface area contributed by atoms with Gasteiger partial charge in [0.1, 0.15) is 17.2 Å². The fourth-order valence-corrected chi connectivity index (χ4v) is 4.34. The van der Waals surface area contributed by atoms with Crippen LogP contribution < -0.4 is 14.2 Å². The van der Waals surface area contributed by atoms with Gasteiger partial charge in [0, 0.05) is 0 Å². The smallest absolute Gasteiger partial charge is 0.343 e. The number of rotatable bonds is 18. The zero-order chi connectivity index (χ0) is 28.4. The quantitative estimate of drug-likeness (QED) is 0.0694. The van der Waals surface area contributed by atoms with Gasteiger partial charge in [0.05, 0.1) is 18.4 Å². The van der Waals surface area contributed by atoms with E-state index in [2.05, 4.69) is 26.8 Å². The van der Waals surface area contributed by atoms with Crippen LogP contribution in [0.4, 0.5) is 0 Å². The van der Waals surface area contributed by atoms with Crippen molar-refractivity contribution in [3.8, 4) is 28.4 Å². The summed E-state index contributed by atoms with van der Waals surface area (Å²) in [6, 6.07) is 22.7. The van der Waals surface area contributed by atoms with Crippen molar-refractivity contribution in [1.82, 2.24) is 0 Å². The van der Waals surface area contributed by atoms with Crippen molar-refractivity contribution < 1.29 is 19.0 Å². The first-order chi connectivity index (χ1) is 19.6. The first-order valence-corrected chi connectivity index (χ1v) is 15.1. The molecule has 3 rings (SSSR count). The van der Waals surface area contributed by atoms with Crippen molar-refractivity contribution in [2.24, 2.45) is 5.92 Å². The Hall–Kier alpha value is -3.53. The molecule has 40 heavy (non-hydrogen) atoms. The summed E-state index contributed by atoms with van der Waals surface area (Å²) in [4.78, 5) is 12.7. The molecule has 0 fully saturated rings. The van der Waals surface area contributed by atoms with E-state index in [0.717, 1.165) is 41.4 Å². The molecular weight excluding hydrogens is 496 g/mol. The van der Waals surface area contributed by atoms with Gasteiger partial charge in [-0.05, 0) is 90.9 Å². The molecule has 0 N–H and O–H groups in total. The molecule has 0 aliphatic heterocycles. The molecule has 0 spiro atoms. The van der Waals surface area contributed by atoms with Crippen molar-refractivity contribution >= 4 is 5.97 Å². The van der Waals surface area contributed by atoms with Crippen LogP contribution in [0.2, 0.25) is 0 Å². The van der Waals surface area contributed by atoms with Gasteiger partial charge in [-0.15, -0.1) is 0 Å². The van der Waals surface area contributed by atoms with Crippen LogP contribution >= 0.6 is 0 Å². The van der Waals surface area contributed by atoms with Gasteiger partial charge < -0.3 is 14.2 Å². The minimum Gasteiger partial charge on any atom is -0.494 e. The summed E-state index contributed by atoms with van der Waals surface area (Å²) in [6.07, 6.45) is 16.0. The van der Waals surface area contributed by atoms with Crippen LogP contribution in [-0.4, -0.2) is 12.6 Å². The molecule has 0 saturated heterocycles. The van der Waals surface area contributed by atoms with Gasteiger partial charge in [-0.3, -0.25) is 0 Å². The van der Waals surface area contributed by atoms with E-state index in [1.807, 2.05) is 48.5 Å². The molecule has 1 atom stereocenters. The van der Waals surface area contributed by atoms with Crippen LogP contribution in [0.15, 0.2) is 85.1 Å². The molecule has 0 bridgehead atoms. The SMILES string of the molecule is CCCCCCC=COc1ccc(-c2ccc(C(=O)Oc3ccc(OCCCCCC(C)CC)cc3)cc2)cc1. The average Bonchev–Trinajstić information content (AvgIpc) is 2.99. The Morgan fingerprint density at radius 2 is 1.35 bits per heavy atom. The summed E-state index contributed by atoms with van der Waals surface area (Å²) >= 11 is 0. The lowest BCUT2D eigenvalue weighted by Gasteiger charge is -2.09. The molecular formula is C36H46O4. The molecule has 4 heteroatoms. The molecule has 0 heterocycles. The molecule has 1 unspecified atom stereocenters. The van der Waals surface area contributed by atoms with Crippen LogP contribution in [0.5, 0.6) is 17.2 Å². The summed E-state index contributed by atoms with van der Waals surface area (Å²) in [5, 5.41) is 0. The van der Waals surface area contributed by atoms with Gasteiger partial charge >= 0.3 is 5.97 Å². The lowest BCUT2D eigenvalue weighted by Crippen LogP contribution is -2.08. The number of carbonyl (C=O) groups excluding carboxylic acids is 1. The molecule has 0 aliphatic rings. The number of unbranched alkanes of at least 4 members (excludes halogenated alkanes) is 6. The monoisotopic (exact) mass is 542 g/mol. The van der Waals surface area contributed by atoms with Gasteiger partial charge in [-0.25, -0.2) is 4.79 Å². The van der Waals surface area contributed by atoms with Crippen molar-refractivity contribution in [1.29, 1.82) is 0 Å².